The molecule has 5 rings (SSSR count). The molecule has 6 nitrogen and oxygen atoms in total. The van der Waals surface area contributed by atoms with Gasteiger partial charge in [-0.25, -0.2) is 13.4 Å². The number of rotatable bonds is 6. The zero-order valence-electron chi connectivity index (χ0n) is 17.8. The number of hydrogen-bond donors (Lipinski definition) is 2. The summed E-state index contributed by atoms with van der Waals surface area (Å²) in [6.07, 6.45) is 0. The molecule has 1 aromatic heterocycles. The van der Waals surface area contributed by atoms with Crippen molar-refractivity contribution in [2.75, 3.05) is 4.72 Å². The lowest BCUT2D eigenvalue weighted by molar-refractivity contribution is 0.101. The Kier molecular flexibility index (Phi) is 5.76. The molecule has 0 saturated carbocycles. The van der Waals surface area contributed by atoms with Crippen molar-refractivity contribution in [3.8, 4) is 5.75 Å². The fourth-order valence-electron chi connectivity index (χ4n) is 3.57. The minimum Gasteiger partial charge on any atom is -0.506 e. The predicted octanol–water partition coefficient (Wildman–Crippen LogP) is 6.31. The van der Waals surface area contributed by atoms with Gasteiger partial charge in [-0.1, -0.05) is 60.3 Å². The Bertz CT molecular complexity index is 1640. The minimum atomic E-state index is -3.99. The summed E-state index contributed by atoms with van der Waals surface area (Å²) in [7, 11) is -3.99. The molecule has 34 heavy (non-hydrogen) atoms. The van der Waals surface area contributed by atoms with Gasteiger partial charge in [0, 0.05) is 16.3 Å². The van der Waals surface area contributed by atoms with Crippen molar-refractivity contribution in [1.29, 1.82) is 0 Å². The topological polar surface area (TPSA) is 96.4 Å². The maximum absolute atomic E-state index is 13.2. The number of sulfonamides is 1. The van der Waals surface area contributed by atoms with Gasteiger partial charge in [0.15, 0.2) is 10.1 Å². The molecular weight excluding hydrogens is 488 g/mol. The number of hydrogen-bond acceptors (Lipinski definition) is 7. The first-order valence-corrected chi connectivity index (χ1v) is 13.4. The lowest BCUT2D eigenvalue weighted by Crippen LogP contribution is -2.14. The first-order chi connectivity index (χ1) is 16.3. The Morgan fingerprint density at radius 1 is 0.971 bits per heavy atom. The standard InChI is InChI=1S/C25H18N2O4S3/c1-15(28)16-7-6-8-17(13-16)34(30,31)27-21-14-23(24(29)19-10-3-2-9-18(19)21)33-25-26-20-11-4-5-12-22(20)32-25/h2-14,27,29H,1H3. The molecule has 0 atom stereocenters. The fraction of sp³-hybridized carbons (Fsp3) is 0.0400. The number of carbonyl (C=O) groups is 1. The highest BCUT2D eigenvalue weighted by Crippen LogP contribution is 2.44. The van der Waals surface area contributed by atoms with Crippen molar-refractivity contribution in [2.45, 2.75) is 21.1 Å². The Morgan fingerprint density at radius 3 is 2.47 bits per heavy atom. The van der Waals surface area contributed by atoms with Gasteiger partial charge in [-0.05, 0) is 37.3 Å². The van der Waals surface area contributed by atoms with E-state index in [0.29, 0.717) is 26.9 Å². The molecule has 0 saturated heterocycles. The smallest absolute Gasteiger partial charge is 0.261 e. The van der Waals surface area contributed by atoms with Gasteiger partial charge in [-0.2, -0.15) is 0 Å². The Morgan fingerprint density at radius 2 is 1.71 bits per heavy atom. The van der Waals surface area contributed by atoms with E-state index in [0.717, 1.165) is 14.6 Å². The summed E-state index contributed by atoms with van der Waals surface area (Å²) < 4.78 is 30.8. The van der Waals surface area contributed by atoms with Crippen molar-refractivity contribution in [2.24, 2.45) is 0 Å². The highest BCUT2D eigenvalue weighted by molar-refractivity contribution is 8.01. The average molecular weight is 507 g/mol. The number of nitrogens with zero attached hydrogens (tertiary/aromatic N) is 1. The van der Waals surface area contributed by atoms with E-state index in [1.807, 2.05) is 24.3 Å². The van der Waals surface area contributed by atoms with Crippen molar-refractivity contribution in [3.63, 3.8) is 0 Å². The number of ketones is 1. The molecule has 0 amide bonds. The first kappa shape index (κ1) is 22.4. The normalized spacial score (nSPS) is 11.7. The molecular formula is C25H18N2O4S3. The third-order valence-electron chi connectivity index (χ3n) is 5.25. The first-order valence-electron chi connectivity index (χ1n) is 10.2. The molecule has 0 aliphatic carbocycles. The summed E-state index contributed by atoms with van der Waals surface area (Å²) in [5, 5.41) is 12.0. The summed E-state index contributed by atoms with van der Waals surface area (Å²) >= 11 is 2.77. The van der Waals surface area contributed by atoms with Crippen LogP contribution in [0, 0.1) is 0 Å². The molecule has 9 heteroatoms. The van der Waals surface area contributed by atoms with Gasteiger partial charge in [0.05, 0.1) is 25.7 Å². The van der Waals surface area contributed by atoms with Crippen LogP contribution in [0.1, 0.15) is 17.3 Å². The van der Waals surface area contributed by atoms with Crippen molar-refractivity contribution >= 4 is 65.6 Å². The molecule has 0 unspecified atom stereocenters. The molecule has 0 aliphatic heterocycles. The van der Waals surface area contributed by atoms with Gasteiger partial charge in [0.2, 0.25) is 0 Å². The number of aromatic hydroxyl groups is 1. The Labute approximate surface area is 204 Å². The SMILES string of the molecule is CC(=O)c1cccc(S(=O)(=O)Nc2cc(Sc3nc4ccccc4s3)c(O)c3ccccc23)c1. The molecule has 2 N–H and O–H groups in total. The molecule has 0 bridgehead atoms. The summed E-state index contributed by atoms with van der Waals surface area (Å²) in [5.41, 5.74) is 1.50. The molecule has 0 aliphatic rings. The highest BCUT2D eigenvalue weighted by atomic mass is 32.2. The van der Waals surface area contributed by atoms with E-state index in [9.17, 15) is 18.3 Å². The van der Waals surface area contributed by atoms with Crippen LogP contribution in [0.5, 0.6) is 5.75 Å². The quantitative estimate of drug-likeness (QED) is 0.207. The summed E-state index contributed by atoms with van der Waals surface area (Å²) in [6, 6.07) is 22.3. The second kappa shape index (κ2) is 8.75. The fourth-order valence-corrected chi connectivity index (χ4v) is 6.81. The Balaban J connectivity index is 1.58. The highest BCUT2D eigenvalue weighted by Gasteiger charge is 2.20. The monoisotopic (exact) mass is 506 g/mol. The number of carbonyl (C=O) groups excluding carboxylic acids is 1. The predicted molar refractivity (Wildman–Crippen MR) is 137 cm³/mol. The maximum atomic E-state index is 13.2. The molecule has 4 aromatic carbocycles. The van der Waals surface area contributed by atoms with E-state index in [1.54, 1.807) is 36.4 Å². The van der Waals surface area contributed by atoms with Crippen molar-refractivity contribution in [1.82, 2.24) is 4.98 Å². The number of benzene rings is 4. The number of phenolic OH excluding ortho intramolecular Hbond substituents is 1. The molecule has 0 radical (unpaired) electrons. The van der Waals surface area contributed by atoms with E-state index < -0.39 is 10.0 Å². The summed E-state index contributed by atoms with van der Waals surface area (Å²) in [6.45, 7) is 1.39. The van der Waals surface area contributed by atoms with Crippen LogP contribution in [0.3, 0.4) is 0 Å². The zero-order valence-corrected chi connectivity index (χ0v) is 20.3. The van der Waals surface area contributed by atoms with E-state index in [2.05, 4.69) is 9.71 Å². The third kappa shape index (κ3) is 4.25. The average Bonchev–Trinajstić information content (AvgIpc) is 3.24. The minimum absolute atomic E-state index is 0.0160. The second-order valence-corrected chi connectivity index (χ2v) is 11.6. The number of Topliss-reactive ketones (excluding diaryl/α,β-unsaturated/α-hetero) is 1. The van der Waals surface area contributed by atoms with E-state index in [-0.39, 0.29) is 16.4 Å². The van der Waals surface area contributed by atoms with Gasteiger partial charge >= 0.3 is 0 Å². The van der Waals surface area contributed by atoms with Crippen LogP contribution in [0.15, 0.2) is 93.0 Å². The van der Waals surface area contributed by atoms with Crippen LogP contribution in [0.2, 0.25) is 0 Å². The lowest BCUT2D eigenvalue weighted by Gasteiger charge is -2.14. The molecule has 5 aromatic rings. The Hall–Kier alpha value is -3.40. The molecule has 170 valence electrons. The number of anilines is 1. The van der Waals surface area contributed by atoms with Crippen LogP contribution < -0.4 is 4.72 Å². The van der Waals surface area contributed by atoms with Gasteiger partial charge in [-0.15, -0.1) is 11.3 Å². The second-order valence-electron chi connectivity index (χ2n) is 7.56. The largest absolute Gasteiger partial charge is 0.506 e. The van der Waals surface area contributed by atoms with Gasteiger partial charge < -0.3 is 5.11 Å². The maximum Gasteiger partial charge on any atom is 0.261 e. The molecule has 0 fully saturated rings. The van der Waals surface area contributed by atoms with Gasteiger partial charge in [0.25, 0.3) is 10.0 Å². The number of thiazole rings is 1. The van der Waals surface area contributed by atoms with E-state index in [1.165, 1.54) is 48.2 Å². The number of phenols is 1. The number of aromatic nitrogens is 1. The van der Waals surface area contributed by atoms with E-state index in [4.69, 9.17) is 0 Å². The van der Waals surface area contributed by atoms with Crippen molar-refractivity contribution in [3.05, 3.63) is 84.4 Å². The van der Waals surface area contributed by atoms with Crippen LogP contribution in [-0.2, 0) is 10.0 Å². The zero-order chi connectivity index (χ0) is 23.9. The summed E-state index contributed by atoms with van der Waals surface area (Å²) in [5.74, 6) is -0.164. The lowest BCUT2D eigenvalue weighted by atomic mass is 10.1. The molecule has 1 heterocycles. The number of para-hydroxylation sites is 1. The van der Waals surface area contributed by atoms with Crippen LogP contribution in [-0.4, -0.2) is 24.3 Å². The van der Waals surface area contributed by atoms with Crippen LogP contribution in [0.25, 0.3) is 21.0 Å². The summed E-state index contributed by atoms with van der Waals surface area (Å²) in [4.78, 5) is 16.8. The van der Waals surface area contributed by atoms with Gasteiger partial charge in [-0.3, -0.25) is 9.52 Å². The third-order valence-corrected chi connectivity index (χ3v) is 8.74. The van der Waals surface area contributed by atoms with E-state index >= 15 is 0 Å². The van der Waals surface area contributed by atoms with Crippen LogP contribution >= 0.6 is 23.1 Å². The number of fused-ring (bicyclic) bond motifs is 2. The molecule has 0 spiro atoms. The van der Waals surface area contributed by atoms with Crippen molar-refractivity contribution < 1.29 is 18.3 Å². The van der Waals surface area contributed by atoms with Gasteiger partial charge in [0.1, 0.15) is 5.75 Å². The number of nitrogens with one attached hydrogen (secondary N) is 1. The van der Waals surface area contributed by atoms with Crippen LogP contribution in [0.4, 0.5) is 5.69 Å².